The van der Waals surface area contributed by atoms with Crippen LogP contribution in [0.4, 0.5) is 0 Å². The van der Waals surface area contributed by atoms with Gasteiger partial charge in [0.2, 0.25) is 5.91 Å². The van der Waals surface area contributed by atoms with Gasteiger partial charge in [0.05, 0.1) is 19.2 Å². The van der Waals surface area contributed by atoms with Crippen LogP contribution in [-0.2, 0) is 14.3 Å². The number of hydrogen-bond donors (Lipinski definition) is 1. The maximum Gasteiger partial charge on any atom is 0.320 e. The van der Waals surface area contributed by atoms with Crippen LogP contribution in [0.1, 0.15) is 47.5 Å². The van der Waals surface area contributed by atoms with Crippen LogP contribution in [0.15, 0.2) is 0 Å². The Kier molecular flexibility index (Phi) is 9.21. The summed E-state index contributed by atoms with van der Waals surface area (Å²) in [6.45, 7) is 10.9. The molecule has 5 heteroatoms. The SMILES string of the molecule is CCCN(CC(=O)OCC)C(C)C(=O)NC(C)CC. The van der Waals surface area contributed by atoms with E-state index in [2.05, 4.69) is 5.32 Å². The van der Waals surface area contributed by atoms with Gasteiger partial charge >= 0.3 is 5.97 Å². The summed E-state index contributed by atoms with van der Waals surface area (Å²) in [6.07, 6.45) is 1.78. The van der Waals surface area contributed by atoms with Crippen molar-refractivity contribution < 1.29 is 14.3 Å². The van der Waals surface area contributed by atoms with Gasteiger partial charge in [0.1, 0.15) is 0 Å². The van der Waals surface area contributed by atoms with E-state index in [-0.39, 0.29) is 30.5 Å². The third-order valence-corrected chi connectivity index (χ3v) is 3.08. The zero-order valence-electron chi connectivity index (χ0n) is 12.9. The smallest absolute Gasteiger partial charge is 0.320 e. The van der Waals surface area contributed by atoms with Crippen molar-refractivity contribution in [2.75, 3.05) is 19.7 Å². The van der Waals surface area contributed by atoms with E-state index >= 15 is 0 Å². The van der Waals surface area contributed by atoms with Crippen LogP contribution in [-0.4, -0.2) is 48.6 Å². The first-order valence-corrected chi connectivity index (χ1v) is 7.16. The van der Waals surface area contributed by atoms with Crippen molar-refractivity contribution in [3.05, 3.63) is 0 Å². The van der Waals surface area contributed by atoms with Crippen molar-refractivity contribution in [1.29, 1.82) is 0 Å². The van der Waals surface area contributed by atoms with Gasteiger partial charge in [0, 0.05) is 6.04 Å². The third-order valence-electron chi connectivity index (χ3n) is 3.08. The summed E-state index contributed by atoms with van der Waals surface area (Å²) in [5, 5.41) is 2.94. The Hall–Kier alpha value is -1.10. The van der Waals surface area contributed by atoms with E-state index in [9.17, 15) is 9.59 Å². The summed E-state index contributed by atoms with van der Waals surface area (Å²) >= 11 is 0. The zero-order chi connectivity index (χ0) is 14.8. The summed E-state index contributed by atoms with van der Waals surface area (Å²) in [6, 6.07) is -0.167. The average molecular weight is 272 g/mol. The standard InChI is InChI=1S/C14H28N2O3/c1-6-9-16(10-13(17)19-8-3)12(5)14(18)15-11(4)7-2/h11-12H,6-10H2,1-5H3,(H,15,18). The molecule has 0 aliphatic heterocycles. The first kappa shape index (κ1) is 17.9. The van der Waals surface area contributed by atoms with Gasteiger partial charge in [-0.05, 0) is 40.2 Å². The van der Waals surface area contributed by atoms with Gasteiger partial charge in [-0.1, -0.05) is 13.8 Å². The predicted molar refractivity (Wildman–Crippen MR) is 75.9 cm³/mol. The molecule has 0 aromatic rings. The fraction of sp³-hybridized carbons (Fsp3) is 0.857. The second kappa shape index (κ2) is 9.78. The number of nitrogens with zero attached hydrogens (tertiary/aromatic N) is 1. The number of esters is 1. The maximum atomic E-state index is 12.1. The number of amides is 1. The number of hydrogen-bond acceptors (Lipinski definition) is 4. The predicted octanol–water partition coefficient (Wildman–Crippen LogP) is 1.56. The first-order valence-electron chi connectivity index (χ1n) is 7.16. The lowest BCUT2D eigenvalue weighted by Gasteiger charge is -2.27. The lowest BCUT2D eigenvalue weighted by molar-refractivity contribution is -0.145. The second-order valence-corrected chi connectivity index (χ2v) is 4.77. The average Bonchev–Trinajstić information content (AvgIpc) is 2.37. The highest BCUT2D eigenvalue weighted by molar-refractivity contribution is 5.82. The Bertz CT molecular complexity index is 282. The molecule has 0 rings (SSSR count). The Labute approximate surface area is 116 Å². The van der Waals surface area contributed by atoms with Crippen molar-refractivity contribution in [3.8, 4) is 0 Å². The molecule has 0 aromatic carbocycles. The Morgan fingerprint density at radius 1 is 1.21 bits per heavy atom. The summed E-state index contributed by atoms with van der Waals surface area (Å²) < 4.78 is 4.94. The van der Waals surface area contributed by atoms with Gasteiger partial charge in [-0.3, -0.25) is 14.5 Å². The number of rotatable bonds is 9. The van der Waals surface area contributed by atoms with Crippen LogP contribution < -0.4 is 5.32 Å². The molecule has 0 fully saturated rings. The van der Waals surface area contributed by atoms with Gasteiger partial charge in [-0.25, -0.2) is 0 Å². The van der Waals surface area contributed by atoms with Gasteiger partial charge in [0.15, 0.2) is 0 Å². The Balaban J connectivity index is 4.50. The molecule has 0 heterocycles. The molecule has 1 N–H and O–H groups in total. The van der Waals surface area contributed by atoms with E-state index < -0.39 is 0 Å². The zero-order valence-corrected chi connectivity index (χ0v) is 12.9. The summed E-state index contributed by atoms with van der Waals surface area (Å²) in [7, 11) is 0. The lowest BCUT2D eigenvalue weighted by Crippen LogP contribution is -2.49. The van der Waals surface area contributed by atoms with Crippen LogP contribution in [0, 0.1) is 0 Å². The summed E-state index contributed by atoms with van der Waals surface area (Å²) in [4.78, 5) is 25.5. The van der Waals surface area contributed by atoms with E-state index in [0.717, 1.165) is 12.8 Å². The minimum atomic E-state index is -0.321. The van der Waals surface area contributed by atoms with Crippen molar-refractivity contribution in [2.24, 2.45) is 0 Å². The molecular weight excluding hydrogens is 244 g/mol. The molecular formula is C14H28N2O3. The molecule has 0 spiro atoms. The minimum Gasteiger partial charge on any atom is -0.465 e. The fourth-order valence-corrected chi connectivity index (χ4v) is 1.70. The highest BCUT2D eigenvalue weighted by atomic mass is 16.5. The van der Waals surface area contributed by atoms with E-state index in [4.69, 9.17) is 4.74 Å². The molecule has 5 nitrogen and oxygen atoms in total. The van der Waals surface area contributed by atoms with Crippen molar-refractivity contribution in [2.45, 2.75) is 59.5 Å². The van der Waals surface area contributed by atoms with E-state index in [1.807, 2.05) is 32.6 Å². The molecule has 2 atom stereocenters. The number of carbonyl (C=O) groups excluding carboxylic acids is 2. The third kappa shape index (κ3) is 7.15. The van der Waals surface area contributed by atoms with Crippen molar-refractivity contribution >= 4 is 11.9 Å². The van der Waals surface area contributed by atoms with E-state index in [1.165, 1.54) is 0 Å². The molecule has 0 saturated heterocycles. The summed E-state index contributed by atoms with van der Waals surface area (Å²) in [5.41, 5.74) is 0. The van der Waals surface area contributed by atoms with Crippen LogP contribution in [0.2, 0.25) is 0 Å². The molecule has 0 aliphatic carbocycles. The quantitative estimate of drug-likeness (QED) is 0.647. The van der Waals surface area contributed by atoms with E-state index in [0.29, 0.717) is 13.2 Å². The number of ether oxygens (including phenoxy) is 1. The second-order valence-electron chi connectivity index (χ2n) is 4.77. The van der Waals surface area contributed by atoms with Gasteiger partial charge in [0.25, 0.3) is 0 Å². The molecule has 0 radical (unpaired) electrons. The van der Waals surface area contributed by atoms with Crippen molar-refractivity contribution in [3.63, 3.8) is 0 Å². The normalized spacial score (nSPS) is 14.0. The fourth-order valence-electron chi connectivity index (χ4n) is 1.70. The topological polar surface area (TPSA) is 58.6 Å². The van der Waals surface area contributed by atoms with Gasteiger partial charge < -0.3 is 10.1 Å². The lowest BCUT2D eigenvalue weighted by atomic mass is 10.2. The molecule has 0 saturated carbocycles. The highest BCUT2D eigenvalue weighted by Crippen LogP contribution is 2.03. The van der Waals surface area contributed by atoms with E-state index in [1.54, 1.807) is 6.92 Å². The van der Waals surface area contributed by atoms with Gasteiger partial charge in [-0.15, -0.1) is 0 Å². The first-order chi connectivity index (χ1) is 8.96. The summed E-state index contributed by atoms with van der Waals surface area (Å²) in [5.74, 6) is -0.314. The van der Waals surface area contributed by atoms with Crippen LogP contribution in [0.3, 0.4) is 0 Å². The molecule has 1 amide bonds. The Morgan fingerprint density at radius 2 is 1.84 bits per heavy atom. The molecule has 19 heavy (non-hydrogen) atoms. The molecule has 0 aliphatic rings. The van der Waals surface area contributed by atoms with Crippen LogP contribution >= 0.6 is 0 Å². The highest BCUT2D eigenvalue weighted by Gasteiger charge is 2.23. The molecule has 2 unspecified atom stereocenters. The molecule has 0 aromatic heterocycles. The van der Waals surface area contributed by atoms with Gasteiger partial charge in [-0.2, -0.15) is 0 Å². The van der Waals surface area contributed by atoms with Crippen molar-refractivity contribution in [1.82, 2.24) is 10.2 Å². The Morgan fingerprint density at radius 3 is 2.32 bits per heavy atom. The molecule has 112 valence electrons. The van der Waals surface area contributed by atoms with Crippen LogP contribution in [0.25, 0.3) is 0 Å². The largest absolute Gasteiger partial charge is 0.465 e. The number of nitrogens with one attached hydrogen (secondary N) is 1. The molecule has 0 bridgehead atoms. The monoisotopic (exact) mass is 272 g/mol. The minimum absolute atomic E-state index is 0.0351. The number of carbonyl (C=O) groups is 2. The van der Waals surface area contributed by atoms with Crippen LogP contribution in [0.5, 0.6) is 0 Å². The maximum absolute atomic E-state index is 12.1.